The number of nitrogens with zero attached hydrogens (tertiary/aromatic N) is 1. The molecule has 3 aromatic rings. The molecule has 5 nitrogen and oxygen atoms in total. The topological polar surface area (TPSA) is 49.8 Å². The summed E-state index contributed by atoms with van der Waals surface area (Å²) in [5.41, 5.74) is 3.51. The fraction of sp³-hybridized carbons (Fsp3) is 0.250. The minimum Gasteiger partial charge on any atom is -0.496 e. The molecule has 0 N–H and O–H groups in total. The lowest BCUT2D eigenvalue weighted by Crippen LogP contribution is -1.97. The number of benzene rings is 2. The SMILES string of the molecule is COc1cc2nc(-c3c(OC)cccc3OC)cc(C)c2cc1OC. The minimum absolute atomic E-state index is 0.644. The number of aromatic nitrogens is 1. The molecule has 0 fully saturated rings. The molecule has 1 heterocycles. The first-order valence-corrected chi connectivity index (χ1v) is 7.87. The van der Waals surface area contributed by atoms with Crippen LogP contribution < -0.4 is 18.9 Å². The van der Waals surface area contributed by atoms with Crippen molar-refractivity contribution in [3.05, 3.63) is 42.0 Å². The molecule has 0 saturated carbocycles. The molecule has 0 bridgehead atoms. The lowest BCUT2D eigenvalue weighted by Gasteiger charge is -2.15. The third kappa shape index (κ3) is 2.93. The van der Waals surface area contributed by atoms with E-state index in [2.05, 4.69) is 0 Å². The average Bonchev–Trinajstić information content (AvgIpc) is 2.65. The number of rotatable bonds is 5. The second-order valence-corrected chi connectivity index (χ2v) is 5.59. The molecule has 0 atom stereocenters. The highest BCUT2D eigenvalue weighted by Crippen LogP contribution is 2.40. The Balaban J connectivity index is 2.29. The molecular weight excluding hydrogens is 318 g/mol. The van der Waals surface area contributed by atoms with Crippen LogP contribution in [-0.2, 0) is 0 Å². The molecular formula is C20H21NO4. The highest BCUT2D eigenvalue weighted by molar-refractivity contribution is 5.89. The van der Waals surface area contributed by atoms with E-state index in [-0.39, 0.29) is 0 Å². The molecule has 0 saturated heterocycles. The molecule has 3 rings (SSSR count). The lowest BCUT2D eigenvalue weighted by molar-refractivity contribution is 0.356. The van der Waals surface area contributed by atoms with Crippen LogP contribution in [0.2, 0.25) is 0 Å². The van der Waals surface area contributed by atoms with E-state index in [0.717, 1.165) is 27.7 Å². The van der Waals surface area contributed by atoms with E-state index in [1.54, 1.807) is 28.4 Å². The highest BCUT2D eigenvalue weighted by atomic mass is 16.5. The maximum atomic E-state index is 5.51. The van der Waals surface area contributed by atoms with E-state index in [4.69, 9.17) is 23.9 Å². The van der Waals surface area contributed by atoms with E-state index in [1.807, 2.05) is 43.3 Å². The Labute approximate surface area is 147 Å². The lowest BCUT2D eigenvalue weighted by atomic mass is 10.0. The van der Waals surface area contributed by atoms with Gasteiger partial charge in [-0.15, -0.1) is 0 Å². The Morgan fingerprint density at radius 3 is 1.84 bits per heavy atom. The number of hydrogen-bond donors (Lipinski definition) is 0. The van der Waals surface area contributed by atoms with Crippen LogP contribution in [0.15, 0.2) is 36.4 Å². The average molecular weight is 339 g/mol. The fourth-order valence-corrected chi connectivity index (χ4v) is 2.95. The quantitative estimate of drug-likeness (QED) is 0.696. The van der Waals surface area contributed by atoms with E-state index >= 15 is 0 Å². The van der Waals surface area contributed by atoms with Crippen molar-refractivity contribution in [3.63, 3.8) is 0 Å². The Hall–Kier alpha value is -2.95. The Morgan fingerprint density at radius 2 is 1.28 bits per heavy atom. The number of aryl methyl sites for hydroxylation is 1. The summed E-state index contributed by atoms with van der Waals surface area (Å²) < 4.78 is 21.8. The molecule has 0 unspecified atom stereocenters. The normalized spacial score (nSPS) is 10.6. The zero-order valence-corrected chi connectivity index (χ0v) is 15.0. The zero-order valence-electron chi connectivity index (χ0n) is 15.0. The molecule has 0 aliphatic heterocycles. The van der Waals surface area contributed by atoms with Crippen LogP contribution in [0.4, 0.5) is 0 Å². The summed E-state index contributed by atoms with van der Waals surface area (Å²) in [7, 11) is 6.52. The molecule has 130 valence electrons. The first-order valence-electron chi connectivity index (χ1n) is 7.87. The summed E-state index contributed by atoms with van der Waals surface area (Å²) in [4.78, 5) is 4.81. The van der Waals surface area contributed by atoms with E-state index < -0.39 is 0 Å². The molecule has 2 aromatic carbocycles. The minimum atomic E-state index is 0.644. The predicted molar refractivity (Wildman–Crippen MR) is 98.1 cm³/mol. The van der Waals surface area contributed by atoms with Crippen molar-refractivity contribution in [2.24, 2.45) is 0 Å². The third-order valence-corrected chi connectivity index (χ3v) is 4.20. The summed E-state index contributed by atoms with van der Waals surface area (Å²) in [6.45, 7) is 2.04. The Bertz CT molecular complexity index is 899. The second-order valence-electron chi connectivity index (χ2n) is 5.59. The van der Waals surface area contributed by atoms with Gasteiger partial charge in [-0.2, -0.15) is 0 Å². The predicted octanol–water partition coefficient (Wildman–Crippen LogP) is 4.24. The van der Waals surface area contributed by atoms with Gasteiger partial charge in [0.1, 0.15) is 11.5 Å². The van der Waals surface area contributed by atoms with Gasteiger partial charge in [-0.25, -0.2) is 4.98 Å². The van der Waals surface area contributed by atoms with Gasteiger partial charge < -0.3 is 18.9 Å². The number of fused-ring (bicyclic) bond motifs is 1. The van der Waals surface area contributed by atoms with Crippen LogP contribution in [-0.4, -0.2) is 33.4 Å². The molecule has 0 aliphatic carbocycles. The third-order valence-electron chi connectivity index (χ3n) is 4.20. The maximum Gasteiger partial charge on any atom is 0.162 e. The molecule has 0 radical (unpaired) electrons. The number of hydrogen-bond acceptors (Lipinski definition) is 5. The van der Waals surface area contributed by atoms with Crippen LogP contribution in [0.5, 0.6) is 23.0 Å². The van der Waals surface area contributed by atoms with Gasteiger partial charge in [0.25, 0.3) is 0 Å². The molecule has 0 spiro atoms. The van der Waals surface area contributed by atoms with E-state index in [9.17, 15) is 0 Å². The van der Waals surface area contributed by atoms with Gasteiger partial charge in [0, 0.05) is 11.5 Å². The van der Waals surface area contributed by atoms with E-state index in [0.29, 0.717) is 23.0 Å². The van der Waals surface area contributed by atoms with Crippen molar-refractivity contribution < 1.29 is 18.9 Å². The number of pyridine rings is 1. The van der Waals surface area contributed by atoms with Gasteiger partial charge in [0.05, 0.1) is 45.2 Å². The maximum absolute atomic E-state index is 5.51. The number of methoxy groups -OCH3 is 4. The van der Waals surface area contributed by atoms with Crippen LogP contribution >= 0.6 is 0 Å². The molecule has 0 amide bonds. The molecule has 25 heavy (non-hydrogen) atoms. The van der Waals surface area contributed by atoms with Crippen LogP contribution in [0.1, 0.15) is 5.56 Å². The van der Waals surface area contributed by atoms with Crippen LogP contribution in [0.3, 0.4) is 0 Å². The van der Waals surface area contributed by atoms with Gasteiger partial charge in [0.15, 0.2) is 11.5 Å². The smallest absolute Gasteiger partial charge is 0.162 e. The van der Waals surface area contributed by atoms with Gasteiger partial charge in [-0.3, -0.25) is 0 Å². The van der Waals surface area contributed by atoms with Crippen molar-refractivity contribution in [1.82, 2.24) is 4.98 Å². The van der Waals surface area contributed by atoms with Crippen molar-refractivity contribution in [3.8, 4) is 34.3 Å². The van der Waals surface area contributed by atoms with Crippen molar-refractivity contribution in [1.29, 1.82) is 0 Å². The first kappa shape index (κ1) is 16.9. The highest BCUT2D eigenvalue weighted by Gasteiger charge is 2.16. The van der Waals surface area contributed by atoms with Crippen molar-refractivity contribution >= 4 is 10.9 Å². The summed E-state index contributed by atoms with van der Waals surface area (Å²) in [5.74, 6) is 2.76. The van der Waals surface area contributed by atoms with Crippen LogP contribution in [0, 0.1) is 6.92 Å². The summed E-state index contributed by atoms with van der Waals surface area (Å²) in [5, 5.41) is 1.01. The fourth-order valence-electron chi connectivity index (χ4n) is 2.95. The van der Waals surface area contributed by atoms with Crippen molar-refractivity contribution in [2.75, 3.05) is 28.4 Å². The summed E-state index contributed by atoms with van der Waals surface area (Å²) >= 11 is 0. The monoisotopic (exact) mass is 339 g/mol. The van der Waals surface area contributed by atoms with Crippen LogP contribution in [0.25, 0.3) is 22.2 Å². The van der Waals surface area contributed by atoms with Crippen molar-refractivity contribution in [2.45, 2.75) is 6.92 Å². The largest absolute Gasteiger partial charge is 0.496 e. The molecule has 1 aromatic heterocycles. The molecule has 0 aliphatic rings. The Kier molecular flexibility index (Phi) is 4.65. The van der Waals surface area contributed by atoms with E-state index in [1.165, 1.54) is 0 Å². The summed E-state index contributed by atoms with van der Waals surface area (Å²) in [6, 6.07) is 11.5. The zero-order chi connectivity index (χ0) is 18.0. The Morgan fingerprint density at radius 1 is 0.720 bits per heavy atom. The van der Waals surface area contributed by atoms with Gasteiger partial charge >= 0.3 is 0 Å². The van der Waals surface area contributed by atoms with Gasteiger partial charge in [0.2, 0.25) is 0 Å². The second kappa shape index (κ2) is 6.89. The standard InChI is InChI=1S/C20H21NO4/c1-12-9-15(20-16(22-2)7-6-8-17(20)23-3)21-14-11-19(25-5)18(24-4)10-13(12)14/h6-11H,1-5H3. The molecule has 5 heteroatoms. The first-order chi connectivity index (χ1) is 12.1. The van der Waals surface area contributed by atoms with Gasteiger partial charge in [-0.1, -0.05) is 6.07 Å². The number of ether oxygens (including phenoxy) is 4. The summed E-state index contributed by atoms with van der Waals surface area (Å²) in [6.07, 6.45) is 0. The van der Waals surface area contributed by atoms with Gasteiger partial charge in [-0.05, 0) is 36.8 Å².